The molecular formula is C15H15BrFN3O2. The van der Waals surface area contributed by atoms with Gasteiger partial charge in [0.2, 0.25) is 0 Å². The standard InChI is InChI=1S/C15H15BrFN3O2/c1-2-22-15(21)14-13(18-12-7-11(12)17)8-20(19-14)10-5-3-4-9(16)6-10/h3-6,8,11-12,18H,2,7H2,1H3. The van der Waals surface area contributed by atoms with Crippen LogP contribution in [0.3, 0.4) is 0 Å². The molecule has 5 nitrogen and oxygen atoms in total. The lowest BCUT2D eigenvalue weighted by molar-refractivity contribution is 0.0520. The van der Waals surface area contributed by atoms with Crippen LogP contribution in [0.4, 0.5) is 10.1 Å². The number of nitrogens with one attached hydrogen (secondary N) is 1. The Bertz CT molecular complexity index is 704. The molecule has 2 aromatic rings. The van der Waals surface area contributed by atoms with Crippen LogP contribution in [-0.4, -0.2) is 34.6 Å². The van der Waals surface area contributed by atoms with Gasteiger partial charge in [-0.25, -0.2) is 13.9 Å². The molecule has 0 saturated heterocycles. The van der Waals surface area contributed by atoms with E-state index in [1.54, 1.807) is 17.8 Å². The quantitative estimate of drug-likeness (QED) is 0.823. The normalized spacial score (nSPS) is 19.8. The molecule has 0 amide bonds. The van der Waals surface area contributed by atoms with Crippen molar-refractivity contribution in [3.05, 3.63) is 40.6 Å². The SMILES string of the molecule is CCOC(=O)c1nn(-c2cccc(Br)c2)cc1NC1CC1F. The lowest BCUT2D eigenvalue weighted by atomic mass is 10.3. The molecule has 1 N–H and O–H groups in total. The van der Waals surface area contributed by atoms with Crippen LogP contribution >= 0.6 is 15.9 Å². The zero-order valence-corrected chi connectivity index (χ0v) is 13.5. The molecule has 1 aliphatic rings. The van der Waals surface area contributed by atoms with Gasteiger partial charge in [-0.3, -0.25) is 0 Å². The lowest BCUT2D eigenvalue weighted by Gasteiger charge is -2.03. The van der Waals surface area contributed by atoms with Gasteiger partial charge in [0, 0.05) is 10.9 Å². The van der Waals surface area contributed by atoms with Crippen molar-refractivity contribution in [1.82, 2.24) is 9.78 Å². The Kier molecular flexibility index (Phi) is 4.15. The summed E-state index contributed by atoms with van der Waals surface area (Å²) >= 11 is 3.40. The summed E-state index contributed by atoms with van der Waals surface area (Å²) in [7, 11) is 0. The van der Waals surface area contributed by atoms with E-state index in [0.29, 0.717) is 12.1 Å². The predicted octanol–water partition coefficient (Wildman–Crippen LogP) is 3.33. The highest BCUT2D eigenvalue weighted by Crippen LogP contribution is 2.31. The van der Waals surface area contributed by atoms with Gasteiger partial charge >= 0.3 is 5.97 Å². The zero-order chi connectivity index (χ0) is 15.7. The first-order chi connectivity index (χ1) is 10.6. The third-order valence-corrected chi connectivity index (χ3v) is 3.80. The van der Waals surface area contributed by atoms with E-state index in [1.807, 2.05) is 24.3 Å². The van der Waals surface area contributed by atoms with E-state index in [9.17, 15) is 9.18 Å². The van der Waals surface area contributed by atoms with Crippen LogP contribution in [0.2, 0.25) is 0 Å². The number of hydrogen-bond acceptors (Lipinski definition) is 4. The Labute approximate surface area is 135 Å². The van der Waals surface area contributed by atoms with Crippen LogP contribution in [0.15, 0.2) is 34.9 Å². The number of halogens is 2. The first-order valence-corrected chi connectivity index (χ1v) is 7.81. The monoisotopic (exact) mass is 367 g/mol. The second-order valence-corrected chi connectivity index (χ2v) is 5.95. The van der Waals surface area contributed by atoms with E-state index >= 15 is 0 Å². The molecule has 1 heterocycles. The molecule has 3 rings (SSSR count). The van der Waals surface area contributed by atoms with Gasteiger partial charge in [0.1, 0.15) is 6.17 Å². The Morgan fingerprint density at radius 1 is 1.59 bits per heavy atom. The molecule has 0 spiro atoms. The van der Waals surface area contributed by atoms with Gasteiger partial charge in [-0.15, -0.1) is 0 Å². The smallest absolute Gasteiger partial charge is 0.361 e. The van der Waals surface area contributed by atoms with Gasteiger partial charge in [-0.2, -0.15) is 5.10 Å². The highest BCUT2D eigenvalue weighted by Gasteiger charge is 2.38. The maximum atomic E-state index is 13.1. The lowest BCUT2D eigenvalue weighted by Crippen LogP contribution is -2.11. The van der Waals surface area contributed by atoms with Crippen molar-refractivity contribution in [3.63, 3.8) is 0 Å². The largest absolute Gasteiger partial charge is 0.461 e. The second kappa shape index (κ2) is 6.08. The van der Waals surface area contributed by atoms with Crippen molar-refractivity contribution in [2.24, 2.45) is 0 Å². The molecule has 2 unspecified atom stereocenters. The molecule has 116 valence electrons. The molecule has 1 saturated carbocycles. The average molecular weight is 368 g/mol. The highest BCUT2D eigenvalue weighted by molar-refractivity contribution is 9.10. The minimum Gasteiger partial charge on any atom is -0.461 e. The first-order valence-electron chi connectivity index (χ1n) is 7.02. The topological polar surface area (TPSA) is 56.1 Å². The minimum absolute atomic E-state index is 0.168. The van der Waals surface area contributed by atoms with Gasteiger partial charge in [-0.1, -0.05) is 22.0 Å². The number of anilines is 1. The molecule has 22 heavy (non-hydrogen) atoms. The Balaban J connectivity index is 1.94. The van der Waals surface area contributed by atoms with Crippen LogP contribution in [0.1, 0.15) is 23.8 Å². The number of benzene rings is 1. The summed E-state index contributed by atoms with van der Waals surface area (Å²) in [6.45, 7) is 1.99. The van der Waals surface area contributed by atoms with Crippen LogP contribution in [0, 0.1) is 0 Å². The molecule has 0 radical (unpaired) electrons. The number of rotatable bonds is 5. The van der Waals surface area contributed by atoms with Crippen molar-refractivity contribution in [3.8, 4) is 5.69 Å². The Morgan fingerprint density at radius 3 is 3.00 bits per heavy atom. The second-order valence-electron chi connectivity index (χ2n) is 5.04. The fourth-order valence-corrected chi connectivity index (χ4v) is 2.48. The molecule has 0 aliphatic heterocycles. The number of alkyl halides is 1. The van der Waals surface area contributed by atoms with Gasteiger partial charge in [0.15, 0.2) is 5.69 Å². The summed E-state index contributed by atoms with van der Waals surface area (Å²) < 4.78 is 20.6. The molecule has 1 fully saturated rings. The number of aromatic nitrogens is 2. The molecule has 0 bridgehead atoms. The molecule has 1 aromatic carbocycles. The summed E-state index contributed by atoms with van der Waals surface area (Å²) in [6, 6.07) is 7.26. The van der Waals surface area contributed by atoms with E-state index < -0.39 is 12.1 Å². The first kappa shape index (κ1) is 15.0. The molecule has 1 aromatic heterocycles. The van der Waals surface area contributed by atoms with Crippen LogP contribution in [0.25, 0.3) is 5.69 Å². The highest BCUT2D eigenvalue weighted by atomic mass is 79.9. The number of hydrogen-bond donors (Lipinski definition) is 1. The maximum Gasteiger partial charge on any atom is 0.361 e. The van der Waals surface area contributed by atoms with Gasteiger partial charge in [-0.05, 0) is 25.1 Å². The fraction of sp³-hybridized carbons (Fsp3) is 0.333. The Morgan fingerprint density at radius 2 is 2.36 bits per heavy atom. The van der Waals surface area contributed by atoms with E-state index in [-0.39, 0.29) is 18.3 Å². The number of ether oxygens (including phenoxy) is 1. The van der Waals surface area contributed by atoms with Gasteiger partial charge in [0.25, 0.3) is 0 Å². The van der Waals surface area contributed by atoms with Crippen molar-refractivity contribution >= 4 is 27.6 Å². The number of esters is 1. The van der Waals surface area contributed by atoms with Crippen molar-refractivity contribution in [2.45, 2.75) is 25.6 Å². The van der Waals surface area contributed by atoms with Crippen molar-refractivity contribution < 1.29 is 13.9 Å². The third kappa shape index (κ3) is 3.14. The summed E-state index contributed by atoms with van der Waals surface area (Å²) in [6.07, 6.45) is 1.26. The molecule has 2 atom stereocenters. The number of carbonyl (C=O) groups is 1. The average Bonchev–Trinajstić information content (AvgIpc) is 3.00. The molecule has 1 aliphatic carbocycles. The van der Waals surface area contributed by atoms with E-state index in [1.165, 1.54) is 0 Å². The minimum atomic E-state index is -0.871. The van der Waals surface area contributed by atoms with Crippen LogP contribution in [0.5, 0.6) is 0 Å². The van der Waals surface area contributed by atoms with E-state index in [2.05, 4.69) is 26.3 Å². The summed E-state index contributed by atoms with van der Waals surface area (Å²) in [5.74, 6) is -0.519. The Hall–Kier alpha value is -1.89. The van der Waals surface area contributed by atoms with Crippen LogP contribution < -0.4 is 5.32 Å². The molecular weight excluding hydrogens is 353 g/mol. The van der Waals surface area contributed by atoms with E-state index in [4.69, 9.17) is 4.74 Å². The van der Waals surface area contributed by atoms with Crippen molar-refractivity contribution in [1.29, 1.82) is 0 Å². The van der Waals surface area contributed by atoms with Crippen LogP contribution in [-0.2, 0) is 4.74 Å². The number of carbonyl (C=O) groups excluding carboxylic acids is 1. The maximum absolute atomic E-state index is 13.1. The molecule has 7 heteroatoms. The third-order valence-electron chi connectivity index (χ3n) is 3.31. The van der Waals surface area contributed by atoms with Gasteiger partial charge < -0.3 is 10.1 Å². The fourth-order valence-electron chi connectivity index (χ4n) is 2.09. The summed E-state index contributed by atoms with van der Waals surface area (Å²) in [5.41, 5.74) is 1.45. The number of nitrogens with zero attached hydrogens (tertiary/aromatic N) is 2. The predicted molar refractivity (Wildman–Crippen MR) is 84.1 cm³/mol. The summed E-state index contributed by atoms with van der Waals surface area (Å²) in [5, 5.41) is 7.29. The van der Waals surface area contributed by atoms with Crippen molar-refractivity contribution in [2.75, 3.05) is 11.9 Å². The summed E-state index contributed by atoms with van der Waals surface area (Å²) in [4.78, 5) is 12.0. The van der Waals surface area contributed by atoms with Gasteiger partial charge in [0.05, 0.1) is 30.2 Å². The zero-order valence-electron chi connectivity index (χ0n) is 11.9. The van der Waals surface area contributed by atoms with E-state index in [0.717, 1.165) is 10.2 Å².